The summed E-state index contributed by atoms with van der Waals surface area (Å²) in [6.07, 6.45) is -2.70. The van der Waals surface area contributed by atoms with Crippen LogP contribution in [0.25, 0.3) is 0 Å². The minimum atomic E-state index is -4.88. The van der Waals surface area contributed by atoms with Crippen molar-refractivity contribution in [3.63, 3.8) is 0 Å². The van der Waals surface area contributed by atoms with E-state index in [1.807, 2.05) is 30.3 Å². The van der Waals surface area contributed by atoms with E-state index in [0.29, 0.717) is 6.42 Å². The number of rotatable bonds is 4. The van der Waals surface area contributed by atoms with Gasteiger partial charge in [-0.25, -0.2) is 0 Å². The summed E-state index contributed by atoms with van der Waals surface area (Å²) in [4.78, 5) is 13.7. The maximum Gasteiger partial charge on any atom is 0.471 e. The molecule has 1 heterocycles. The Morgan fingerprint density at radius 1 is 1.26 bits per heavy atom. The zero-order chi connectivity index (χ0) is 22.4. The standard InChI is InChI=1S/C24H27F3N2O2/c1-15-18-7-5-4-6-16(18)8-11-21-23(15,12-13-28-22(30)24(25,26)27)19-14-17(31-3)9-10-20(19)29(21)2/h4-7,9-10,14-15,21H,8,11-13H2,1-3H3,(H,28,30)/t15-,21?,23-/m0/s1. The van der Waals surface area contributed by atoms with Crippen molar-refractivity contribution in [2.24, 2.45) is 0 Å². The Morgan fingerprint density at radius 2 is 2.00 bits per heavy atom. The summed E-state index contributed by atoms with van der Waals surface area (Å²) in [6.45, 7) is 2.11. The van der Waals surface area contributed by atoms with E-state index in [1.54, 1.807) is 7.11 Å². The van der Waals surface area contributed by atoms with E-state index < -0.39 is 17.5 Å². The second-order valence-corrected chi connectivity index (χ2v) is 8.51. The number of ether oxygens (including phenoxy) is 1. The highest BCUT2D eigenvalue weighted by molar-refractivity contribution is 5.81. The molecule has 1 amide bonds. The van der Waals surface area contributed by atoms with Crippen molar-refractivity contribution in [1.29, 1.82) is 0 Å². The van der Waals surface area contributed by atoms with Crippen molar-refractivity contribution >= 4 is 11.6 Å². The van der Waals surface area contributed by atoms with Crippen LogP contribution >= 0.6 is 0 Å². The third-order valence-electron chi connectivity index (χ3n) is 7.21. The number of amides is 1. The first-order valence-corrected chi connectivity index (χ1v) is 10.5. The van der Waals surface area contributed by atoms with Crippen molar-refractivity contribution in [3.8, 4) is 5.75 Å². The van der Waals surface area contributed by atoms with Crippen molar-refractivity contribution < 1.29 is 22.7 Å². The normalized spacial score (nSPS) is 24.6. The Morgan fingerprint density at radius 3 is 2.71 bits per heavy atom. The molecule has 1 N–H and O–H groups in total. The highest BCUT2D eigenvalue weighted by Crippen LogP contribution is 2.57. The van der Waals surface area contributed by atoms with Crippen LogP contribution in [0.15, 0.2) is 42.5 Å². The first kappa shape index (κ1) is 21.5. The van der Waals surface area contributed by atoms with Gasteiger partial charge in [-0.2, -0.15) is 13.2 Å². The molecule has 4 rings (SSSR count). The summed E-state index contributed by atoms with van der Waals surface area (Å²) in [6, 6.07) is 14.4. The summed E-state index contributed by atoms with van der Waals surface area (Å²) in [5, 5.41) is 2.10. The molecule has 0 radical (unpaired) electrons. The number of anilines is 1. The number of halogens is 3. The van der Waals surface area contributed by atoms with Crippen LogP contribution in [0.5, 0.6) is 5.75 Å². The molecule has 31 heavy (non-hydrogen) atoms. The van der Waals surface area contributed by atoms with Gasteiger partial charge in [0.05, 0.1) is 7.11 Å². The number of nitrogens with one attached hydrogen (secondary N) is 1. The minimum Gasteiger partial charge on any atom is -0.497 e. The number of carbonyl (C=O) groups is 1. The molecule has 0 spiro atoms. The predicted octanol–water partition coefficient (Wildman–Crippen LogP) is 4.57. The molecule has 2 aromatic carbocycles. The molecule has 1 aliphatic heterocycles. The van der Waals surface area contributed by atoms with Crippen LogP contribution in [0.3, 0.4) is 0 Å². The van der Waals surface area contributed by atoms with Gasteiger partial charge in [0.2, 0.25) is 0 Å². The van der Waals surface area contributed by atoms with Gasteiger partial charge < -0.3 is 15.0 Å². The van der Waals surface area contributed by atoms with Crippen LogP contribution in [-0.2, 0) is 16.6 Å². The van der Waals surface area contributed by atoms with Gasteiger partial charge in [-0.05, 0) is 60.1 Å². The summed E-state index contributed by atoms with van der Waals surface area (Å²) in [5.41, 5.74) is 4.19. The van der Waals surface area contributed by atoms with Crippen LogP contribution in [0.1, 0.15) is 42.4 Å². The Balaban J connectivity index is 1.81. The second-order valence-electron chi connectivity index (χ2n) is 8.51. The fourth-order valence-corrected chi connectivity index (χ4v) is 5.74. The molecule has 0 aromatic heterocycles. The van der Waals surface area contributed by atoms with Gasteiger partial charge in [0.25, 0.3) is 0 Å². The molecule has 2 aromatic rings. The maximum atomic E-state index is 12.8. The number of benzene rings is 2. The predicted molar refractivity (Wildman–Crippen MR) is 114 cm³/mol. The van der Waals surface area contributed by atoms with E-state index in [-0.39, 0.29) is 18.5 Å². The molecule has 4 nitrogen and oxygen atoms in total. The van der Waals surface area contributed by atoms with Crippen molar-refractivity contribution in [1.82, 2.24) is 5.32 Å². The van der Waals surface area contributed by atoms with Gasteiger partial charge >= 0.3 is 12.1 Å². The molecule has 3 atom stereocenters. The second kappa shape index (κ2) is 7.77. The van der Waals surface area contributed by atoms with Gasteiger partial charge in [0.1, 0.15) is 5.75 Å². The number of likely N-dealkylation sites (N-methyl/N-ethyl adjacent to an activating group) is 1. The van der Waals surface area contributed by atoms with E-state index in [0.717, 1.165) is 29.8 Å². The molecular formula is C24H27F3N2O2. The zero-order valence-corrected chi connectivity index (χ0v) is 17.9. The lowest BCUT2D eigenvalue weighted by Crippen LogP contribution is -2.48. The van der Waals surface area contributed by atoms with Crippen molar-refractivity contribution in [2.75, 3.05) is 25.6 Å². The summed E-state index contributed by atoms with van der Waals surface area (Å²) < 4.78 is 43.8. The van der Waals surface area contributed by atoms with Gasteiger partial charge in [0, 0.05) is 30.7 Å². The molecular weight excluding hydrogens is 405 g/mol. The highest BCUT2D eigenvalue weighted by atomic mass is 19.4. The van der Waals surface area contributed by atoms with Gasteiger partial charge in [0.15, 0.2) is 0 Å². The monoisotopic (exact) mass is 432 g/mol. The lowest BCUT2D eigenvalue weighted by molar-refractivity contribution is -0.173. The van der Waals surface area contributed by atoms with Gasteiger partial charge in [-0.3, -0.25) is 4.79 Å². The van der Waals surface area contributed by atoms with E-state index >= 15 is 0 Å². The summed E-state index contributed by atoms with van der Waals surface area (Å²) in [7, 11) is 3.66. The van der Waals surface area contributed by atoms with Crippen molar-refractivity contribution in [2.45, 2.75) is 49.7 Å². The molecule has 7 heteroatoms. The molecule has 1 unspecified atom stereocenters. The third kappa shape index (κ3) is 3.44. The average Bonchev–Trinajstić information content (AvgIpc) is 2.90. The van der Waals surface area contributed by atoms with E-state index in [2.05, 4.69) is 36.3 Å². The molecule has 0 saturated heterocycles. The van der Waals surface area contributed by atoms with Gasteiger partial charge in [-0.1, -0.05) is 31.2 Å². The van der Waals surface area contributed by atoms with E-state index in [4.69, 9.17) is 4.74 Å². The average molecular weight is 432 g/mol. The Hall–Kier alpha value is -2.70. The molecule has 0 bridgehead atoms. The number of hydrogen-bond donors (Lipinski definition) is 1. The van der Waals surface area contributed by atoms with Crippen LogP contribution in [0.4, 0.5) is 18.9 Å². The van der Waals surface area contributed by atoms with Crippen LogP contribution in [0.2, 0.25) is 0 Å². The number of nitrogens with zero attached hydrogens (tertiary/aromatic N) is 1. The number of alkyl halides is 3. The van der Waals surface area contributed by atoms with Crippen LogP contribution in [0, 0.1) is 0 Å². The Labute approximate surface area is 180 Å². The number of aryl methyl sites for hydroxylation is 1. The Kier molecular flexibility index (Phi) is 5.40. The number of methoxy groups -OCH3 is 1. The largest absolute Gasteiger partial charge is 0.497 e. The van der Waals surface area contributed by atoms with E-state index in [1.165, 1.54) is 11.1 Å². The molecule has 0 fully saturated rings. The number of fused-ring (bicyclic) bond motifs is 4. The fourth-order valence-electron chi connectivity index (χ4n) is 5.74. The third-order valence-corrected chi connectivity index (χ3v) is 7.21. The topological polar surface area (TPSA) is 41.6 Å². The van der Waals surface area contributed by atoms with Gasteiger partial charge in [-0.15, -0.1) is 0 Å². The fraction of sp³-hybridized carbons (Fsp3) is 0.458. The molecule has 2 aliphatic rings. The number of carbonyl (C=O) groups excluding carboxylic acids is 1. The first-order chi connectivity index (χ1) is 14.7. The molecule has 0 saturated carbocycles. The SMILES string of the molecule is COc1ccc2c(c1)[C@@]1(CCNC(=O)C(F)(F)F)C(CCc3ccccc3[C@@H]1C)N2C. The highest BCUT2D eigenvalue weighted by Gasteiger charge is 2.54. The lowest BCUT2D eigenvalue weighted by Gasteiger charge is -2.42. The quantitative estimate of drug-likeness (QED) is 0.770. The zero-order valence-electron chi connectivity index (χ0n) is 17.9. The Bertz CT molecular complexity index is 991. The lowest BCUT2D eigenvalue weighted by atomic mass is 9.63. The summed E-state index contributed by atoms with van der Waals surface area (Å²) >= 11 is 0. The smallest absolute Gasteiger partial charge is 0.471 e. The minimum absolute atomic E-state index is 0.0498. The maximum absolute atomic E-state index is 12.8. The van der Waals surface area contributed by atoms with Crippen LogP contribution in [-0.4, -0.2) is 38.8 Å². The first-order valence-electron chi connectivity index (χ1n) is 10.5. The van der Waals surface area contributed by atoms with Crippen LogP contribution < -0.4 is 15.0 Å². The molecule has 166 valence electrons. The molecule has 1 aliphatic carbocycles. The number of hydrogen-bond acceptors (Lipinski definition) is 3. The van der Waals surface area contributed by atoms with E-state index in [9.17, 15) is 18.0 Å². The van der Waals surface area contributed by atoms with Crippen molar-refractivity contribution in [3.05, 3.63) is 59.2 Å². The summed E-state index contributed by atoms with van der Waals surface area (Å²) in [5.74, 6) is -1.12.